The minimum Gasteiger partial charge on any atom is -0.326 e. The second-order valence-corrected chi connectivity index (χ2v) is 8.67. The third-order valence-electron chi connectivity index (χ3n) is 5.61. The van der Waals surface area contributed by atoms with Crippen molar-refractivity contribution >= 4 is 23.5 Å². The van der Waals surface area contributed by atoms with Gasteiger partial charge >= 0.3 is 0 Å². The van der Waals surface area contributed by atoms with Gasteiger partial charge in [0.05, 0.1) is 17.0 Å². The van der Waals surface area contributed by atoms with E-state index in [9.17, 15) is 10.1 Å². The molecule has 166 valence electrons. The minimum absolute atomic E-state index is 0.143. The van der Waals surface area contributed by atoms with Crippen LogP contribution in [0.4, 0.5) is 5.82 Å². The maximum Gasteiger partial charge on any atom is 0.235 e. The standard InChI is InChI=1S/C25H24N6OS/c1-17-9-7-8-12-22(17)31-16-27-29-25(31)33-15-23(32)28-24-21(13-26)18(2)19(3)30(24)14-20-10-5-4-6-11-20/h4-12,16H,14-15H2,1-3H3,(H,28,32). The number of amides is 1. The average molecular weight is 457 g/mol. The van der Waals surface area contributed by atoms with Crippen molar-refractivity contribution in [2.75, 3.05) is 11.1 Å². The maximum atomic E-state index is 12.9. The molecule has 0 aliphatic rings. The van der Waals surface area contributed by atoms with Crippen molar-refractivity contribution in [3.8, 4) is 11.8 Å². The summed E-state index contributed by atoms with van der Waals surface area (Å²) in [6.07, 6.45) is 1.65. The fourth-order valence-corrected chi connectivity index (χ4v) is 4.44. The van der Waals surface area contributed by atoms with Crippen molar-refractivity contribution in [2.24, 2.45) is 0 Å². The maximum absolute atomic E-state index is 12.9. The van der Waals surface area contributed by atoms with Crippen LogP contribution in [0.1, 0.15) is 27.9 Å². The summed E-state index contributed by atoms with van der Waals surface area (Å²) in [5.74, 6) is 0.467. The Morgan fingerprint density at radius 1 is 1.09 bits per heavy atom. The Morgan fingerprint density at radius 2 is 1.82 bits per heavy atom. The Balaban J connectivity index is 1.53. The van der Waals surface area contributed by atoms with E-state index in [1.165, 1.54) is 11.8 Å². The highest BCUT2D eigenvalue weighted by Crippen LogP contribution is 2.28. The molecule has 1 amide bonds. The zero-order valence-corrected chi connectivity index (χ0v) is 19.6. The van der Waals surface area contributed by atoms with Crippen molar-refractivity contribution in [2.45, 2.75) is 32.5 Å². The van der Waals surface area contributed by atoms with Crippen LogP contribution in [0.15, 0.2) is 66.1 Å². The Hall–Kier alpha value is -3.83. The summed E-state index contributed by atoms with van der Waals surface area (Å²) >= 11 is 1.30. The minimum atomic E-state index is -0.206. The summed E-state index contributed by atoms with van der Waals surface area (Å²) in [5, 5.41) is 21.5. The Kier molecular flexibility index (Phi) is 6.61. The third-order valence-corrected chi connectivity index (χ3v) is 6.55. The van der Waals surface area contributed by atoms with Gasteiger partial charge < -0.3 is 9.88 Å². The number of hydrogen-bond donors (Lipinski definition) is 1. The summed E-state index contributed by atoms with van der Waals surface area (Å²) in [7, 11) is 0. The van der Waals surface area contributed by atoms with Gasteiger partial charge in [-0.1, -0.05) is 60.3 Å². The number of rotatable bonds is 7. The fourth-order valence-electron chi connectivity index (χ4n) is 3.71. The molecule has 2 heterocycles. The second kappa shape index (κ2) is 9.76. The molecule has 4 aromatic rings. The Labute approximate surface area is 197 Å². The fraction of sp³-hybridized carbons (Fsp3) is 0.200. The number of benzene rings is 2. The van der Waals surface area contributed by atoms with Gasteiger partial charge in [-0.05, 0) is 43.5 Å². The van der Waals surface area contributed by atoms with Crippen LogP contribution in [0, 0.1) is 32.1 Å². The van der Waals surface area contributed by atoms with Gasteiger partial charge in [0.1, 0.15) is 18.2 Å². The summed E-state index contributed by atoms with van der Waals surface area (Å²) in [6, 6.07) is 20.2. The van der Waals surface area contributed by atoms with Crippen molar-refractivity contribution in [1.29, 1.82) is 5.26 Å². The van der Waals surface area contributed by atoms with Crippen LogP contribution in [-0.4, -0.2) is 31.0 Å². The van der Waals surface area contributed by atoms with Crippen LogP contribution in [0.5, 0.6) is 0 Å². The highest BCUT2D eigenvalue weighted by atomic mass is 32.2. The molecular formula is C25H24N6OS. The van der Waals surface area contributed by atoms with Crippen molar-refractivity contribution in [3.63, 3.8) is 0 Å². The molecule has 8 heteroatoms. The highest BCUT2D eigenvalue weighted by molar-refractivity contribution is 7.99. The topological polar surface area (TPSA) is 88.5 Å². The van der Waals surface area contributed by atoms with Crippen LogP contribution in [0.3, 0.4) is 0 Å². The van der Waals surface area contributed by atoms with Gasteiger partial charge in [-0.15, -0.1) is 10.2 Å². The number of nitrogens with one attached hydrogen (secondary N) is 1. The van der Waals surface area contributed by atoms with Gasteiger partial charge in [-0.2, -0.15) is 5.26 Å². The number of aryl methyl sites for hydroxylation is 1. The van der Waals surface area contributed by atoms with E-state index >= 15 is 0 Å². The molecule has 7 nitrogen and oxygen atoms in total. The average Bonchev–Trinajstić information content (AvgIpc) is 3.37. The van der Waals surface area contributed by atoms with Gasteiger partial charge in [-0.3, -0.25) is 9.36 Å². The van der Waals surface area contributed by atoms with Crippen LogP contribution < -0.4 is 5.32 Å². The van der Waals surface area contributed by atoms with Crippen LogP contribution >= 0.6 is 11.8 Å². The van der Waals surface area contributed by atoms with E-state index in [1.54, 1.807) is 6.33 Å². The number of aromatic nitrogens is 4. The van der Waals surface area contributed by atoms with Gasteiger partial charge in [-0.25, -0.2) is 0 Å². The first-order valence-corrected chi connectivity index (χ1v) is 11.5. The molecule has 2 aromatic carbocycles. The quantitative estimate of drug-likeness (QED) is 0.409. The van der Waals surface area contributed by atoms with Crippen LogP contribution in [0.25, 0.3) is 5.69 Å². The number of carbonyl (C=O) groups is 1. The molecular weight excluding hydrogens is 432 g/mol. The molecule has 0 fully saturated rings. The Bertz CT molecular complexity index is 1330. The van der Waals surface area contributed by atoms with Crippen molar-refractivity contribution in [3.05, 3.63) is 88.9 Å². The smallest absolute Gasteiger partial charge is 0.235 e. The summed E-state index contributed by atoms with van der Waals surface area (Å²) in [4.78, 5) is 12.9. The lowest BCUT2D eigenvalue weighted by Gasteiger charge is -2.13. The number of anilines is 1. The largest absolute Gasteiger partial charge is 0.326 e. The van der Waals surface area contributed by atoms with E-state index in [2.05, 4.69) is 21.6 Å². The van der Waals surface area contributed by atoms with Gasteiger partial charge in [0, 0.05) is 12.2 Å². The number of nitrogens with zero attached hydrogens (tertiary/aromatic N) is 5. The predicted octanol–water partition coefficient (Wildman–Crippen LogP) is 4.64. The highest BCUT2D eigenvalue weighted by Gasteiger charge is 2.20. The molecule has 0 atom stereocenters. The molecule has 0 aliphatic carbocycles. The zero-order valence-electron chi connectivity index (χ0n) is 18.7. The normalized spacial score (nSPS) is 10.7. The number of para-hydroxylation sites is 1. The Morgan fingerprint density at radius 3 is 2.55 bits per heavy atom. The first-order valence-electron chi connectivity index (χ1n) is 10.5. The number of thioether (sulfide) groups is 1. The molecule has 0 radical (unpaired) electrons. The molecule has 0 aliphatic heterocycles. The summed E-state index contributed by atoms with van der Waals surface area (Å²) in [5.41, 5.74) is 5.47. The number of carbonyl (C=O) groups excluding carboxylic acids is 1. The monoisotopic (exact) mass is 456 g/mol. The van der Waals surface area contributed by atoms with Crippen LogP contribution in [-0.2, 0) is 11.3 Å². The molecule has 0 unspecified atom stereocenters. The van der Waals surface area contributed by atoms with Crippen molar-refractivity contribution in [1.82, 2.24) is 19.3 Å². The van der Waals surface area contributed by atoms with Gasteiger partial charge in [0.15, 0.2) is 5.16 Å². The summed E-state index contributed by atoms with van der Waals surface area (Å²) < 4.78 is 3.86. The molecule has 4 rings (SSSR count). The molecule has 0 saturated heterocycles. The molecule has 2 aromatic heterocycles. The third kappa shape index (κ3) is 4.69. The van der Waals surface area contributed by atoms with E-state index in [4.69, 9.17) is 0 Å². The zero-order chi connectivity index (χ0) is 23.4. The first kappa shape index (κ1) is 22.4. The second-order valence-electron chi connectivity index (χ2n) is 7.72. The lowest BCUT2D eigenvalue weighted by Crippen LogP contribution is -2.19. The van der Waals surface area contributed by atoms with E-state index in [-0.39, 0.29) is 11.7 Å². The lowest BCUT2D eigenvalue weighted by atomic mass is 10.2. The molecule has 33 heavy (non-hydrogen) atoms. The lowest BCUT2D eigenvalue weighted by molar-refractivity contribution is -0.113. The van der Waals surface area contributed by atoms with E-state index in [0.29, 0.717) is 23.1 Å². The number of nitriles is 1. The SMILES string of the molecule is Cc1ccccc1-n1cnnc1SCC(=O)Nc1c(C#N)c(C)c(C)n1Cc1ccccc1. The van der Waals surface area contributed by atoms with Crippen LogP contribution in [0.2, 0.25) is 0 Å². The number of hydrogen-bond acceptors (Lipinski definition) is 5. The molecule has 0 saturated carbocycles. The van der Waals surface area contributed by atoms with E-state index < -0.39 is 0 Å². The van der Waals surface area contributed by atoms with Gasteiger partial charge in [0.2, 0.25) is 5.91 Å². The first-order chi connectivity index (χ1) is 16.0. The van der Waals surface area contributed by atoms with E-state index in [0.717, 1.165) is 28.1 Å². The summed E-state index contributed by atoms with van der Waals surface area (Å²) in [6.45, 7) is 6.46. The molecule has 0 spiro atoms. The molecule has 0 bridgehead atoms. The van der Waals surface area contributed by atoms with Crippen molar-refractivity contribution < 1.29 is 4.79 Å². The predicted molar refractivity (Wildman–Crippen MR) is 130 cm³/mol. The molecule has 1 N–H and O–H groups in total. The van der Waals surface area contributed by atoms with E-state index in [1.807, 2.05) is 84.5 Å². The van der Waals surface area contributed by atoms with Gasteiger partial charge in [0.25, 0.3) is 0 Å².